The summed E-state index contributed by atoms with van der Waals surface area (Å²) in [5.74, 6) is 0.525. The minimum atomic E-state index is -2.88. The lowest BCUT2D eigenvalue weighted by atomic mass is 10.2. The van der Waals surface area contributed by atoms with Gasteiger partial charge in [0.2, 0.25) is 5.95 Å². The zero-order valence-corrected chi connectivity index (χ0v) is 11.3. The van der Waals surface area contributed by atoms with Crippen LogP contribution in [-0.2, 0) is 0 Å². The first-order chi connectivity index (χ1) is 10.7. The predicted octanol–water partition coefficient (Wildman–Crippen LogP) is 3.61. The number of alkyl halides is 2. The number of H-pyrrole nitrogens is 1. The summed E-state index contributed by atoms with van der Waals surface area (Å²) in [6, 6.07) is 13.9. The molecule has 1 aromatic heterocycles. The van der Waals surface area contributed by atoms with Gasteiger partial charge in [-0.25, -0.2) is 10.4 Å². The highest BCUT2D eigenvalue weighted by Crippen LogP contribution is 2.18. The molecular formula is C15H12F2N4O. The molecule has 0 saturated carbocycles. The molecule has 2 aromatic carbocycles. The van der Waals surface area contributed by atoms with Crippen molar-refractivity contribution in [3.8, 4) is 5.75 Å². The molecule has 0 aliphatic carbocycles. The van der Waals surface area contributed by atoms with E-state index < -0.39 is 6.61 Å². The van der Waals surface area contributed by atoms with Gasteiger partial charge in [0.25, 0.3) is 0 Å². The number of aromatic nitrogens is 2. The van der Waals surface area contributed by atoms with E-state index in [0.717, 1.165) is 11.0 Å². The van der Waals surface area contributed by atoms with Crippen molar-refractivity contribution in [3.63, 3.8) is 0 Å². The normalized spacial score (nSPS) is 11.4. The van der Waals surface area contributed by atoms with E-state index in [1.807, 2.05) is 24.3 Å². The van der Waals surface area contributed by atoms with Crippen LogP contribution in [0.25, 0.3) is 11.0 Å². The van der Waals surface area contributed by atoms with Crippen LogP contribution in [0.3, 0.4) is 0 Å². The van der Waals surface area contributed by atoms with Crippen molar-refractivity contribution < 1.29 is 13.5 Å². The molecule has 22 heavy (non-hydrogen) atoms. The van der Waals surface area contributed by atoms with Crippen molar-refractivity contribution in [3.05, 3.63) is 54.1 Å². The van der Waals surface area contributed by atoms with E-state index in [-0.39, 0.29) is 5.75 Å². The summed E-state index contributed by atoms with van der Waals surface area (Å²) in [6.07, 6.45) is 1.39. The Morgan fingerprint density at radius 2 is 1.91 bits per heavy atom. The number of halogens is 2. The fourth-order valence-corrected chi connectivity index (χ4v) is 1.96. The van der Waals surface area contributed by atoms with Crippen LogP contribution < -0.4 is 10.2 Å². The molecule has 0 amide bonds. The molecule has 0 bridgehead atoms. The zero-order valence-electron chi connectivity index (χ0n) is 11.3. The number of hydrogen-bond acceptors (Lipinski definition) is 4. The zero-order chi connectivity index (χ0) is 15.4. The predicted molar refractivity (Wildman–Crippen MR) is 80.4 cm³/mol. The average molecular weight is 302 g/mol. The Morgan fingerprint density at radius 3 is 2.73 bits per heavy atom. The fraction of sp³-hybridized carbons (Fsp3) is 0.0667. The number of para-hydroxylation sites is 3. The molecule has 0 spiro atoms. The van der Waals surface area contributed by atoms with Gasteiger partial charge in [0.1, 0.15) is 5.75 Å². The Bertz CT molecular complexity index is 768. The number of fused-ring (bicyclic) bond motifs is 1. The first kappa shape index (κ1) is 14.0. The lowest BCUT2D eigenvalue weighted by Crippen LogP contribution is -2.04. The van der Waals surface area contributed by atoms with Crippen LogP contribution in [0.5, 0.6) is 5.75 Å². The Balaban J connectivity index is 1.74. The van der Waals surface area contributed by atoms with Gasteiger partial charge in [0.05, 0.1) is 17.2 Å². The number of anilines is 1. The van der Waals surface area contributed by atoms with Crippen molar-refractivity contribution in [2.24, 2.45) is 5.10 Å². The Kier molecular flexibility index (Phi) is 3.95. The van der Waals surface area contributed by atoms with Crippen LogP contribution >= 0.6 is 0 Å². The highest BCUT2D eigenvalue weighted by Gasteiger charge is 2.07. The molecular weight excluding hydrogens is 290 g/mol. The maximum atomic E-state index is 12.3. The third-order valence-electron chi connectivity index (χ3n) is 2.90. The van der Waals surface area contributed by atoms with E-state index in [4.69, 9.17) is 0 Å². The second kappa shape index (κ2) is 6.21. The third-order valence-corrected chi connectivity index (χ3v) is 2.90. The van der Waals surface area contributed by atoms with Crippen LogP contribution in [0.2, 0.25) is 0 Å². The number of benzene rings is 2. The number of nitrogens with one attached hydrogen (secondary N) is 2. The van der Waals surface area contributed by atoms with Crippen molar-refractivity contribution in [2.75, 3.05) is 5.43 Å². The first-order valence-corrected chi connectivity index (χ1v) is 6.50. The maximum Gasteiger partial charge on any atom is 0.387 e. The third kappa shape index (κ3) is 3.20. The molecule has 5 nitrogen and oxygen atoms in total. The maximum absolute atomic E-state index is 12.3. The monoisotopic (exact) mass is 302 g/mol. The summed E-state index contributed by atoms with van der Waals surface area (Å²) in [5.41, 5.74) is 4.84. The second-order valence-corrected chi connectivity index (χ2v) is 4.39. The molecule has 0 aliphatic heterocycles. The molecule has 3 aromatic rings. The summed E-state index contributed by atoms with van der Waals surface area (Å²) < 4.78 is 29.0. The Hall–Kier alpha value is -2.96. The summed E-state index contributed by atoms with van der Waals surface area (Å²) in [5, 5.41) is 3.98. The van der Waals surface area contributed by atoms with Crippen molar-refractivity contribution in [2.45, 2.75) is 6.61 Å². The summed E-state index contributed by atoms with van der Waals surface area (Å²) >= 11 is 0. The number of hydrogen-bond donors (Lipinski definition) is 2. The minimum absolute atomic E-state index is 0.0626. The highest BCUT2D eigenvalue weighted by molar-refractivity contribution is 5.84. The quantitative estimate of drug-likeness (QED) is 0.559. The Morgan fingerprint density at radius 1 is 1.14 bits per heavy atom. The van der Waals surface area contributed by atoms with E-state index in [9.17, 15) is 8.78 Å². The molecule has 7 heteroatoms. The van der Waals surface area contributed by atoms with Gasteiger partial charge >= 0.3 is 6.61 Å². The van der Waals surface area contributed by atoms with Gasteiger partial charge < -0.3 is 9.72 Å². The fourth-order valence-electron chi connectivity index (χ4n) is 1.96. The van der Waals surface area contributed by atoms with E-state index in [0.29, 0.717) is 11.5 Å². The van der Waals surface area contributed by atoms with Crippen molar-refractivity contribution in [1.82, 2.24) is 9.97 Å². The van der Waals surface area contributed by atoms with Gasteiger partial charge in [-0.2, -0.15) is 13.9 Å². The van der Waals surface area contributed by atoms with Crippen molar-refractivity contribution in [1.29, 1.82) is 0 Å². The number of ether oxygens (including phenoxy) is 1. The molecule has 0 unspecified atom stereocenters. The first-order valence-electron chi connectivity index (χ1n) is 6.50. The van der Waals surface area contributed by atoms with E-state index in [1.165, 1.54) is 12.3 Å². The molecule has 3 rings (SSSR count). The lowest BCUT2D eigenvalue weighted by molar-refractivity contribution is -0.0499. The Labute approximate surface area is 124 Å². The lowest BCUT2D eigenvalue weighted by Gasteiger charge is -2.06. The van der Waals surface area contributed by atoms with Gasteiger partial charge in [0, 0.05) is 5.56 Å². The molecule has 0 radical (unpaired) electrons. The average Bonchev–Trinajstić information content (AvgIpc) is 2.91. The van der Waals surface area contributed by atoms with E-state index >= 15 is 0 Å². The molecule has 0 saturated heterocycles. The number of rotatable bonds is 5. The van der Waals surface area contributed by atoms with Crippen molar-refractivity contribution >= 4 is 23.2 Å². The number of aromatic amines is 1. The van der Waals surface area contributed by atoms with Crippen LogP contribution in [-0.4, -0.2) is 22.8 Å². The SMILES string of the molecule is FC(F)Oc1ccccc1C=NNc1nc2ccccc2[nH]1. The standard InChI is InChI=1S/C15H12F2N4O/c16-14(17)22-13-8-4-1-5-10(13)9-18-21-15-19-11-6-2-3-7-12(11)20-15/h1-9,14H,(H2,19,20,21). The van der Waals surface area contributed by atoms with Gasteiger partial charge in [-0.15, -0.1) is 0 Å². The van der Waals surface area contributed by atoms with Crippen LogP contribution in [0.1, 0.15) is 5.56 Å². The van der Waals surface area contributed by atoms with E-state index in [1.54, 1.807) is 18.2 Å². The topological polar surface area (TPSA) is 62.3 Å². The van der Waals surface area contributed by atoms with Crippen LogP contribution in [0, 0.1) is 0 Å². The van der Waals surface area contributed by atoms with Gasteiger partial charge in [-0.05, 0) is 24.3 Å². The van der Waals surface area contributed by atoms with E-state index in [2.05, 4.69) is 25.2 Å². The molecule has 0 fully saturated rings. The molecule has 1 heterocycles. The molecule has 0 aliphatic rings. The number of nitrogens with zero attached hydrogens (tertiary/aromatic N) is 2. The number of hydrazone groups is 1. The summed E-state index contributed by atoms with van der Waals surface area (Å²) in [7, 11) is 0. The summed E-state index contributed by atoms with van der Waals surface area (Å²) in [4.78, 5) is 7.32. The van der Waals surface area contributed by atoms with Gasteiger partial charge in [-0.1, -0.05) is 24.3 Å². The minimum Gasteiger partial charge on any atom is -0.434 e. The second-order valence-electron chi connectivity index (χ2n) is 4.39. The van der Waals surface area contributed by atoms with Crippen LogP contribution in [0.15, 0.2) is 53.6 Å². The number of imidazole rings is 1. The highest BCUT2D eigenvalue weighted by atomic mass is 19.3. The van der Waals surface area contributed by atoms with Crippen LogP contribution in [0.4, 0.5) is 14.7 Å². The van der Waals surface area contributed by atoms with Gasteiger partial charge in [0.15, 0.2) is 0 Å². The molecule has 0 atom stereocenters. The largest absolute Gasteiger partial charge is 0.434 e. The smallest absolute Gasteiger partial charge is 0.387 e. The molecule has 112 valence electrons. The molecule has 2 N–H and O–H groups in total. The summed E-state index contributed by atoms with van der Waals surface area (Å²) in [6.45, 7) is -2.88. The van der Waals surface area contributed by atoms with Gasteiger partial charge in [-0.3, -0.25) is 0 Å².